The van der Waals surface area contributed by atoms with Crippen LogP contribution in [-0.4, -0.2) is 55.5 Å². The first-order chi connectivity index (χ1) is 16.8. The van der Waals surface area contributed by atoms with Gasteiger partial charge in [0.2, 0.25) is 0 Å². The van der Waals surface area contributed by atoms with Gasteiger partial charge < -0.3 is 30.7 Å². The van der Waals surface area contributed by atoms with Crippen LogP contribution in [0.25, 0.3) is 0 Å². The van der Waals surface area contributed by atoms with Crippen molar-refractivity contribution in [1.82, 2.24) is 4.90 Å². The molecule has 0 spiro atoms. The number of carbonyl (C=O) groups excluding carboxylic acids is 1. The molecule has 2 aromatic rings. The Hall–Kier alpha value is -2.88. The maximum Gasteiger partial charge on any atom is 0.315 e. The number of hydrogen-bond donors (Lipinski definition) is 4. The van der Waals surface area contributed by atoms with Gasteiger partial charge in [-0.2, -0.15) is 0 Å². The molecule has 1 fully saturated rings. The van der Waals surface area contributed by atoms with Gasteiger partial charge in [-0.05, 0) is 73.7 Å². The van der Waals surface area contributed by atoms with Crippen LogP contribution in [0.1, 0.15) is 36.5 Å². The van der Waals surface area contributed by atoms with Crippen molar-refractivity contribution in [2.24, 2.45) is 16.9 Å². The van der Waals surface area contributed by atoms with Crippen molar-refractivity contribution in [3.63, 3.8) is 0 Å². The number of nitrogens with zero attached hydrogens (tertiary/aromatic N) is 2. The largest absolute Gasteiger partial charge is 0.492 e. The number of anilines is 1. The summed E-state index contributed by atoms with van der Waals surface area (Å²) in [6.45, 7) is 5.11. The molecule has 12 heteroatoms. The Balaban J connectivity index is 0.00000241. The quantitative estimate of drug-likeness (QED) is 0.220. The molecule has 1 saturated heterocycles. The number of amidine groups is 1. The zero-order valence-electron chi connectivity index (χ0n) is 21.4. The van der Waals surface area contributed by atoms with Gasteiger partial charge in [-0.25, -0.2) is 0 Å². The average Bonchev–Trinajstić information content (AvgIpc) is 2.87. The van der Waals surface area contributed by atoms with E-state index in [1.807, 2.05) is 48.2 Å². The molecule has 0 bridgehead atoms. The summed E-state index contributed by atoms with van der Waals surface area (Å²) in [6, 6.07) is 13.6. The Bertz CT molecular complexity index is 1110. The molecule has 0 amide bonds. The predicted molar refractivity (Wildman–Crippen MR) is 158 cm³/mol. The van der Waals surface area contributed by atoms with Crippen LogP contribution in [0.4, 0.5) is 5.69 Å². The Morgan fingerprint density at radius 2 is 1.63 bits per heavy atom. The molecule has 0 atom stereocenters. The fraction of sp³-hybridized carbons (Fsp3) is 0.423. The van der Waals surface area contributed by atoms with E-state index in [9.17, 15) is 4.79 Å². The topological polar surface area (TPSA) is 142 Å². The molecule has 0 unspecified atom stereocenters. The summed E-state index contributed by atoms with van der Waals surface area (Å²) in [5.74, 6) is 0.614. The van der Waals surface area contributed by atoms with Crippen LogP contribution in [0.15, 0.2) is 42.5 Å². The molecule has 2 heterocycles. The molecular formula is C26H37Cl3N6O3. The van der Waals surface area contributed by atoms with Crippen molar-refractivity contribution in [3.05, 3.63) is 59.2 Å². The smallest absolute Gasteiger partial charge is 0.315 e. The number of benzene rings is 2. The summed E-state index contributed by atoms with van der Waals surface area (Å²) < 4.78 is 11.7. The standard InChI is InChI=1S/C26H34N6O3.3ClH/c1-2-34-24(33)26(10-13-31(14-11-26)21-6-3-19(4-7-21)23(27)28)17-35-22-8-5-18-9-12-32(25(29)30)16-20(18)15-22;;;/h3-8,15H,2,9-14,16-17H2,1H3,(H3,27,28)(H3,29,30);3*1H. The summed E-state index contributed by atoms with van der Waals surface area (Å²) in [6.07, 6.45) is 2.07. The molecule has 4 rings (SSSR count). The molecule has 210 valence electrons. The Morgan fingerprint density at radius 3 is 2.21 bits per heavy atom. The highest BCUT2D eigenvalue weighted by Crippen LogP contribution is 2.36. The molecule has 2 aliphatic rings. The fourth-order valence-electron chi connectivity index (χ4n) is 4.79. The minimum atomic E-state index is -0.715. The summed E-state index contributed by atoms with van der Waals surface area (Å²) in [5.41, 5.74) is 14.6. The minimum absolute atomic E-state index is 0. The zero-order valence-corrected chi connectivity index (χ0v) is 23.9. The van der Waals surface area contributed by atoms with Crippen molar-refractivity contribution in [3.8, 4) is 5.75 Å². The monoisotopic (exact) mass is 586 g/mol. The normalized spacial score (nSPS) is 15.5. The Labute approximate surface area is 242 Å². The maximum absolute atomic E-state index is 13.1. The van der Waals surface area contributed by atoms with Gasteiger partial charge in [0.25, 0.3) is 0 Å². The number of fused-ring (bicyclic) bond motifs is 1. The summed E-state index contributed by atoms with van der Waals surface area (Å²) in [4.78, 5) is 17.1. The minimum Gasteiger partial charge on any atom is -0.492 e. The van der Waals surface area contributed by atoms with E-state index in [2.05, 4.69) is 11.0 Å². The molecule has 9 nitrogen and oxygen atoms in total. The zero-order chi connectivity index (χ0) is 25.0. The molecule has 0 radical (unpaired) electrons. The van der Waals surface area contributed by atoms with Crippen LogP contribution in [0.2, 0.25) is 0 Å². The number of rotatable bonds is 7. The van der Waals surface area contributed by atoms with Gasteiger partial charge in [-0.3, -0.25) is 15.6 Å². The second-order valence-corrected chi connectivity index (χ2v) is 9.22. The number of nitrogen functional groups attached to an aromatic ring is 1. The number of carbonyl (C=O) groups is 1. The van der Waals surface area contributed by atoms with Crippen LogP contribution >= 0.6 is 37.2 Å². The number of esters is 1. The Morgan fingerprint density at radius 1 is 0.974 bits per heavy atom. The molecule has 6 N–H and O–H groups in total. The molecule has 0 aromatic heterocycles. The van der Waals surface area contributed by atoms with Crippen molar-refractivity contribution in [1.29, 1.82) is 10.8 Å². The third kappa shape index (κ3) is 7.36. The lowest BCUT2D eigenvalue weighted by Crippen LogP contribution is -2.48. The van der Waals surface area contributed by atoms with E-state index in [0.717, 1.165) is 24.2 Å². The number of guanidine groups is 1. The van der Waals surface area contributed by atoms with E-state index >= 15 is 0 Å². The van der Waals surface area contributed by atoms with Gasteiger partial charge in [-0.15, -0.1) is 37.2 Å². The third-order valence-electron chi connectivity index (χ3n) is 7.02. The van der Waals surface area contributed by atoms with E-state index in [1.54, 1.807) is 0 Å². The van der Waals surface area contributed by atoms with Gasteiger partial charge in [0.1, 0.15) is 23.6 Å². The van der Waals surface area contributed by atoms with Gasteiger partial charge in [0, 0.05) is 37.4 Å². The van der Waals surface area contributed by atoms with E-state index in [1.165, 1.54) is 5.56 Å². The molecule has 0 aliphatic carbocycles. The number of halogens is 3. The SMILES string of the molecule is CCOC(=O)C1(COc2ccc3c(c2)CN(C(=N)N)CC3)CCN(c2ccc(C(=N)N)cc2)CC1.Cl.Cl.Cl. The molecule has 2 aromatic carbocycles. The van der Waals surface area contributed by atoms with E-state index < -0.39 is 5.41 Å². The van der Waals surface area contributed by atoms with E-state index in [0.29, 0.717) is 50.4 Å². The second-order valence-electron chi connectivity index (χ2n) is 9.22. The predicted octanol–water partition coefficient (Wildman–Crippen LogP) is 3.72. The molecule has 2 aliphatic heterocycles. The lowest BCUT2D eigenvalue weighted by Gasteiger charge is -2.40. The number of nitrogens with one attached hydrogen (secondary N) is 2. The molecule has 0 saturated carbocycles. The first-order valence-electron chi connectivity index (χ1n) is 12.0. The van der Waals surface area contributed by atoms with Gasteiger partial charge in [0.15, 0.2) is 5.96 Å². The van der Waals surface area contributed by atoms with Gasteiger partial charge in [0.05, 0.1) is 6.61 Å². The van der Waals surface area contributed by atoms with Crippen molar-refractivity contribution < 1.29 is 14.3 Å². The lowest BCUT2D eigenvalue weighted by molar-refractivity contribution is -0.159. The highest BCUT2D eigenvalue weighted by atomic mass is 35.5. The van der Waals surface area contributed by atoms with Crippen LogP contribution < -0.4 is 21.1 Å². The average molecular weight is 588 g/mol. The number of ether oxygens (including phenoxy) is 2. The Kier molecular flexibility index (Phi) is 12.5. The van der Waals surface area contributed by atoms with E-state index in [-0.39, 0.29) is 61.6 Å². The number of hydrogen-bond acceptors (Lipinski definition) is 6. The second kappa shape index (κ2) is 14.3. The van der Waals surface area contributed by atoms with Crippen LogP contribution in [-0.2, 0) is 22.5 Å². The summed E-state index contributed by atoms with van der Waals surface area (Å²) in [7, 11) is 0. The third-order valence-corrected chi connectivity index (χ3v) is 7.02. The highest BCUT2D eigenvalue weighted by molar-refractivity contribution is 5.95. The number of piperidine rings is 1. The maximum atomic E-state index is 13.1. The van der Waals surface area contributed by atoms with Crippen LogP contribution in [0.5, 0.6) is 5.75 Å². The van der Waals surface area contributed by atoms with Crippen molar-refractivity contribution >= 4 is 60.7 Å². The summed E-state index contributed by atoms with van der Waals surface area (Å²) >= 11 is 0. The van der Waals surface area contributed by atoms with Gasteiger partial charge >= 0.3 is 5.97 Å². The van der Waals surface area contributed by atoms with Crippen LogP contribution in [0.3, 0.4) is 0 Å². The van der Waals surface area contributed by atoms with E-state index in [4.69, 9.17) is 31.8 Å². The summed E-state index contributed by atoms with van der Waals surface area (Å²) in [5, 5.41) is 15.3. The van der Waals surface area contributed by atoms with Crippen molar-refractivity contribution in [2.45, 2.75) is 32.7 Å². The number of nitrogens with two attached hydrogens (primary N) is 2. The molecule has 38 heavy (non-hydrogen) atoms. The van der Waals surface area contributed by atoms with Crippen LogP contribution in [0, 0.1) is 16.2 Å². The lowest BCUT2D eigenvalue weighted by atomic mass is 9.79. The molecular weight excluding hydrogens is 551 g/mol. The first kappa shape index (κ1) is 33.1. The van der Waals surface area contributed by atoms with Crippen molar-refractivity contribution in [2.75, 3.05) is 37.7 Å². The van der Waals surface area contributed by atoms with Gasteiger partial charge in [-0.1, -0.05) is 6.07 Å². The fourth-order valence-corrected chi connectivity index (χ4v) is 4.79. The first-order valence-corrected chi connectivity index (χ1v) is 12.0. The highest BCUT2D eigenvalue weighted by Gasteiger charge is 2.44.